The molecule has 9 nitrogen and oxygen atoms in total. The Morgan fingerprint density at radius 3 is 2.84 bits per heavy atom. The van der Waals surface area contributed by atoms with E-state index in [0.717, 1.165) is 42.9 Å². The molecule has 5 heterocycles. The van der Waals surface area contributed by atoms with Gasteiger partial charge in [-0.25, -0.2) is 22.4 Å². The number of carbonyl (C=O) groups is 1. The molecule has 0 saturated carbocycles. The van der Waals surface area contributed by atoms with Crippen LogP contribution < -0.4 is 15.4 Å². The zero-order valence-corrected chi connectivity index (χ0v) is 28.1. The number of likely N-dealkylation sites (N-methyl/N-ethyl adjacent to an activating group) is 1. The fourth-order valence-electron chi connectivity index (χ4n) is 7.72. The third-order valence-electron chi connectivity index (χ3n) is 9.97. The number of halogens is 5. The van der Waals surface area contributed by atoms with Crippen LogP contribution >= 0.6 is 22.9 Å². The maximum atomic E-state index is 17.0. The van der Waals surface area contributed by atoms with Gasteiger partial charge in [0.25, 0.3) is 0 Å². The van der Waals surface area contributed by atoms with Crippen LogP contribution in [-0.4, -0.2) is 88.9 Å². The first-order valence-corrected chi connectivity index (χ1v) is 17.1. The van der Waals surface area contributed by atoms with Gasteiger partial charge in [-0.15, -0.1) is 11.3 Å². The number of thiophene rings is 1. The molecule has 7 rings (SSSR count). The number of hydrogen-bond donors (Lipinski definition) is 1. The number of benzene rings is 2. The van der Waals surface area contributed by atoms with Crippen LogP contribution in [0.25, 0.3) is 37.0 Å². The molecule has 0 spiro atoms. The molecular formula is C34H32ClF4N7O2S. The van der Waals surface area contributed by atoms with E-state index < -0.39 is 41.5 Å². The summed E-state index contributed by atoms with van der Waals surface area (Å²) >= 11 is 7.70. The van der Waals surface area contributed by atoms with Crippen molar-refractivity contribution in [3.63, 3.8) is 0 Å². The van der Waals surface area contributed by atoms with Crippen LogP contribution in [-0.2, 0) is 4.79 Å². The van der Waals surface area contributed by atoms with Crippen LogP contribution in [0.1, 0.15) is 26.2 Å². The number of rotatable bonds is 8. The van der Waals surface area contributed by atoms with Crippen LogP contribution in [0.2, 0.25) is 5.02 Å². The smallest absolute Gasteiger partial charge is 0.319 e. The van der Waals surface area contributed by atoms with E-state index >= 15 is 8.78 Å². The van der Waals surface area contributed by atoms with Crippen molar-refractivity contribution in [1.29, 1.82) is 0 Å². The minimum absolute atomic E-state index is 0.0217. The highest BCUT2D eigenvalue weighted by molar-refractivity contribution is 7.23. The maximum Gasteiger partial charge on any atom is 0.319 e. The Hall–Kier alpha value is -4.19. The van der Waals surface area contributed by atoms with Crippen molar-refractivity contribution in [2.75, 3.05) is 50.0 Å². The average Bonchev–Trinajstić information content (AvgIpc) is 3.82. The molecule has 1 amide bonds. The van der Waals surface area contributed by atoms with Crippen molar-refractivity contribution in [3.8, 4) is 17.1 Å². The summed E-state index contributed by atoms with van der Waals surface area (Å²) in [5, 5.41) is 0.274. The molecule has 3 saturated heterocycles. The van der Waals surface area contributed by atoms with Gasteiger partial charge in [0.05, 0.1) is 39.4 Å². The molecule has 0 bridgehead atoms. The van der Waals surface area contributed by atoms with E-state index in [1.807, 2.05) is 0 Å². The summed E-state index contributed by atoms with van der Waals surface area (Å²) in [5.41, 5.74) is 5.29. The number of aromatic nitrogens is 2. The summed E-state index contributed by atoms with van der Waals surface area (Å²) in [6.07, 6.45) is 0.541. The third kappa shape index (κ3) is 5.43. The van der Waals surface area contributed by atoms with Gasteiger partial charge in [-0.2, -0.15) is 9.97 Å². The predicted octanol–water partition coefficient (Wildman–Crippen LogP) is 7.09. The first-order chi connectivity index (χ1) is 23.5. The third-order valence-corrected chi connectivity index (χ3v) is 11.3. The van der Waals surface area contributed by atoms with E-state index in [1.54, 1.807) is 11.8 Å². The van der Waals surface area contributed by atoms with Crippen molar-refractivity contribution in [3.05, 3.63) is 58.9 Å². The van der Waals surface area contributed by atoms with Crippen molar-refractivity contribution in [2.45, 2.75) is 50.1 Å². The highest BCUT2D eigenvalue weighted by atomic mass is 35.5. The van der Waals surface area contributed by atoms with E-state index in [9.17, 15) is 13.6 Å². The molecule has 0 aliphatic carbocycles. The zero-order valence-electron chi connectivity index (χ0n) is 26.5. The van der Waals surface area contributed by atoms with Crippen molar-refractivity contribution in [1.82, 2.24) is 19.8 Å². The first kappa shape index (κ1) is 33.3. The van der Waals surface area contributed by atoms with Crippen molar-refractivity contribution in [2.24, 2.45) is 0 Å². The van der Waals surface area contributed by atoms with Gasteiger partial charge < -0.3 is 20.3 Å². The van der Waals surface area contributed by atoms with Gasteiger partial charge in [0.15, 0.2) is 5.82 Å². The number of alkyl halides is 2. The van der Waals surface area contributed by atoms with E-state index in [1.165, 1.54) is 17.0 Å². The van der Waals surface area contributed by atoms with Crippen molar-refractivity contribution >= 4 is 66.3 Å². The molecule has 2 N–H and O–H groups in total. The number of likely N-dealkylation sites (tertiary alicyclic amines) is 1. The van der Waals surface area contributed by atoms with Crippen molar-refractivity contribution < 1.29 is 27.1 Å². The molecule has 4 aromatic rings. The number of amides is 1. The number of hydrogen-bond acceptors (Lipinski definition) is 8. The fourth-order valence-corrected chi connectivity index (χ4v) is 8.95. The maximum absolute atomic E-state index is 17.0. The van der Waals surface area contributed by atoms with Crippen LogP contribution in [0.5, 0.6) is 6.01 Å². The van der Waals surface area contributed by atoms with E-state index in [4.69, 9.17) is 28.6 Å². The second-order valence-electron chi connectivity index (χ2n) is 12.7. The molecule has 3 aliphatic heterocycles. The normalized spacial score (nSPS) is 23.7. The van der Waals surface area contributed by atoms with Gasteiger partial charge in [-0.3, -0.25) is 9.69 Å². The van der Waals surface area contributed by atoms with Gasteiger partial charge in [0, 0.05) is 42.4 Å². The number of nitrogens with zero attached hydrogens (tertiary/aromatic N) is 6. The summed E-state index contributed by atoms with van der Waals surface area (Å²) in [6, 6.07) is 2.90. The molecule has 49 heavy (non-hydrogen) atoms. The topological polar surface area (TPSA) is 92.2 Å². The second-order valence-corrected chi connectivity index (χ2v) is 14.1. The van der Waals surface area contributed by atoms with Crippen LogP contribution in [0.15, 0.2) is 30.9 Å². The number of nitrogen functional groups attached to an aromatic ring is 1. The summed E-state index contributed by atoms with van der Waals surface area (Å²) in [4.78, 5) is 30.1. The Balaban J connectivity index is 1.40. The first-order valence-electron chi connectivity index (χ1n) is 15.9. The molecular weight excluding hydrogens is 682 g/mol. The Kier molecular flexibility index (Phi) is 8.57. The van der Waals surface area contributed by atoms with Crippen LogP contribution in [0.4, 0.5) is 34.1 Å². The van der Waals surface area contributed by atoms with E-state index in [-0.39, 0.29) is 92.3 Å². The molecule has 15 heteroatoms. The van der Waals surface area contributed by atoms with E-state index in [0.29, 0.717) is 6.54 Å². The van der Waals surface area contributed by atoms with Gasteiger partial charge >= 0.3 is 6.01 Å². The van der Waals surface area contributed by atoms with Gasteiger partial charge in [-0.1, -0.05) is 24.2 Å². The second kappa shape index (κ2) is 12.6. The highest BCUT2D eigenvalue weighted by Gasteiger charge is 2.49. The number of nitrogens with two attached hydrogens (primary N) is 1. The monoisotopic (exact) mass is 713 g/mol. The quantitative estimate of drug-likeness (QED) is 0.118. The standard InChI is InChI=1S/C34H32ClF4N7O2S/c1-4-24(47)44-14-22(38)23(15-44)46(5-2)32-19-11-20(35)25(18-7-8-21(37)30-26(18)29(41-3)31(40)49-30)27(39)28(19)42-33(43-32)48-16-34-9-6-10-45(34)13-17(36)12-34/h4,7-8,11,17,22-23H,1,5-6,9-10,12-16,40H2,2H3/t17-,22-,23+,34+/m1/s1. The lowest BCUT2D eigenvalue weighted by Crippen LogP contribution is -2.44. The lowest BCUT2D eigenvalue weighted by atomic mass is 9.95. The minimum atomic E-state index is -1.47. The molecule has 3 fully saturated rings. The Labute approximate surface area is 288 Å². The van der Waals surface area contributed by atoms with Gasteiger partial charge in [0.1, 0.15) is 36.1 Å². The Bertz CT molecular complexity index is 2060. The van der Waals surface area contributed by atoms with Gasteiger partial charge in [-0.05, 0) is 50.1 Å². The van der Waals surface area contributed by atoms with Crippen LogP contribution in [0, 0.1) is 18.2 Å². The summed E-state index contributed by atoms with van der Waals surface area (Å²) in [5.74, 6) is -1.79. The molecule has 2 aromatic carbocycles. The highest BCUT2D eigenvalue weighted by Crippen LogP contribution is 2.49. The molecule has 2 aromatic heterocycles. The fraction of sp³-hybridized carbons (Fsp3) is 0.412. The number of anilines is 2. The van der Waals surface area contributed by atoms with E-state index in [2.05, 4.69) is 26.3 Å². The largest absolute Gasteiger partial charge is 0.461 e. The summed E-state index contributed by atoms with van der Waals surface area (Å²) in [6.45, 7) is 14.2. The zero-order chi connectivity index (χ0) is 34.8. The lowest BCUT2D eigenvalue weighted by molar-refractivity contribution is -0.125. The SMILES string of the molecule is [C-]#[N+]c1c(N)sc2c(F)ccc(-c3c(Cl)cc4c(N(CC)[C@H]5CN(C(=O)C=C)C[C@H]5F)nc(OC[C@@]56CCCN5C[C@H](F)C6)nc4c3F)c12. The molecule has 3 aliphatic rings. The summed E-state index contributed by atoms with van der Waals surface area (Å²) < 4.78 is 68.4. The number of fused-ring (bicyclic) bond motifs is 3. The molecule has 4 atom stereocenters. The molecule has 0 unspecified atom stereocenters. The average molecular weight is 714 g/mol. The lowest BCUT2D eigenvalue weighted by Gasteiger charge is -2.32. The molecule has 0 radical (unpaired) electrons. The Morgan fingerprint density at radius 2 is 2.10 bits per heavy atom. The predicted molar refractivity (Wildman–Crippen MR) is 183 cm³/mol. The number of ether oxygens (including phenoxy) is 1. The molecule has 256 valence electrons. The minimum Gasteiger partial charge on any atom is -0.461 e. The van der Waals surface area contributed by atoms with Crippen LogP contribution in [0.3, 0.4) is 0 Å². The number of carbonyl (C=O) groups excluding carboxylic acids is 1. The Morgan fingerprint density at radius 1 is 1.31 bits per heavy atom. The van der Waals surface area contributed by atoms with Gasteiger partial charge in [0.2, 0.25) is 11.6 Å². The summed E-state index contributed by atoms with van der Waals surface area (Å²) in [7, 11) is 0.